The molecule has 1 aromatic heterocycles. The average Bonchev–Trinajstić information content (AvgIpc) is 2.34. The van der Waals surface area contributed by atoms with Crippen molar-refractivity contribution in [2.24, 2.45) is 0 Å². The fraction of sp³-hybridized carbons (Fsp3) is 0.154. The Morgan fingerprint density at radius 2 is 2.06 bits per heavy atom. The molecule has 1 heterocycles. The Balaban J connectivity index is 2.37. The standard InChI is InChI=1S/C13H11Cl2NOS/c1-8(17)10-3-2-6-16-13(10)18-12-7-9(14)4-5-11(12)15/h2-8,17H,1H3/t8-/m0/s1. The molecule has 18 heavy (non-hydrogen) atoms. The first kappa shape index (κ1) is 13.7. The third kappa shape index (κ3) is 3.18. The predicted octanol–water partition coefficient (Wildman–Crippen LogP) is 4.59. The quantitative estimate of drug-likeness (QED) is 0.899. The molecule has 0 aliphatic heterocycles. The molecule has 0 amide bonds. The van der Waals surface area contributed by atoms with Crippen molar-refractivity contribution in [3.63, 3.8) is 0 Å². The van der Waals surface area contributed by atoms with Gasteiger partial charge in [0.2, 0.25) is 0 Å². The molecule has 2 rings (SSSR count). The molecular formula is C13H11Cl2NOS. The minimum atomic E-state index is -0.570. The summed E-state index contributed by atoms with van der Waals surface area (Å²) in [5.41, 5.74) is 0.776. The Kier molecular flexibility index (Phi) is 4.51. The molecule has 0 unspecified atom stereocenters. The molecule has 2 nitrogen and oxygen atoms in total. The van der Waals surface area contributed by atoms with Crippen molar-refractivity contribution in [3.8, 4) is 0 Å². The first-order valence-corrected chi connectivity index (χ1v) is 6.91. The van der Waals surface area contributed by atoms with E-state index in [0.717, 1.165) is 15.5 Å². The van der Waals surface area contributed by atoms with Gasteiger partial charge in [-0.3, -0.25) is 0 Å². The van der Waals surface area contributed by atoms with E-state index in [0.29, 0.717) is 10.0 Å². The highest BCUT2D eigenvalue weighted by atomic mass is 35.5. The van der Waals surface area contributed by atoms with Gasteiger partial charge in [0.25, 0.3) is 0 Å². The maximum Gasteiger partial charge on any atom is 0.107 e. The summed E-state index contributed by atoms with van der Waals surface area (Å²) in [5.74, 6) is 0. The number of nitrogens with zero attached hydrogens (tertiary/aromatic N) is 1. The van der Waals surface area contributed by atoms with Gasteiger partial charge in [-0.25, -0.2) is 4.98 Å². The SMILES string of the molecule is C[C@H](O)c1cccnc1Sc1cc(Cl)ccc1Cl. The summed E-state index contributed by atoms with van der Waals surface area (Å²) in [5, 5.41) is 11.7. The molecular weight excluding hydrogens is 289 g/mol. The smallest absolute Gasteiger partial charge is 0.107 e. The third-order valence-corrected chi connectivity index (χ3v) is 4.12. The first-order valence-electron chi connectivity index (χ1n) is 5.34. The number of rotatable bonds is 3. The molecule has 1 aromatic carbocycles. The van der Waals surface area contributed by atoms with Crippen molar-refractivity contribution >= 4 is 35.0 Å². The molecule has 0 saturated carbocycles. The molecule has 0 aliphatic rings. The summed E-state index contributed by atoms with van der Waals surface area (Å²) < 4.78 is 0. The van der Waals surface area contributed by atoms with E-state index in [4.69, 9.17) is 23.2 Å². The van der Waals surface area contributed by atoms with Gasteiger partial charge in [0.05, 0.1) is 11.1 Å². The molecule has 0 bridgehead atoms. The van der Waals surface area contributed by atoms with Crippen LogP contribution in [0.4, 0.5) is 0 Å². The monoisotopic (exact) mass is 299 g/mol. The van der Waals surface area contributed by atoms with Crippen molar-refractivity contribution in [1.82, 2.24) is 4.98 Å². The van der Waals surface area contributed by atoms with E-state index < -0.39 is 6.10 Å². The molecule has 1 atom stereocenters. The summed E-state index contributed by atoms with van der Waals surface area (Å²) in [4.78, 5) is 5.09. The summed E-state index contributed by atoms with van der Waals surface area (Å²) in [6.45, 7) is 1.71. The average molecular weight is 300 g/mol. The van der Waals surface area contributed by atoms with Crippen LogP contribution in [0.5, 0.6) is 0 Å². The van der Waals surface area contributed by atoms with Crippen LogP contribution >= 0.6 is 35.0 Å². The minimum absolute atomic E-state index is 0.570. The Bertz CT molecular complexity index is 560. The van der Waals surface area contributed by atoms with Gasteiger partial charge >= 0.3 is 0 Å². The van der Waals surface area contributed by atoms with Gasteiger partial charge in [0, 0.05) is 21.7 Å². The Hall–Kier alpha value is -0.740. The van der Waals surface area contributed by atoms with Crippen LogP contribution in [0.15, 0.2) is 46.5 Å². The fourth-order valence-electron chi connectivity index (χ4n) is 1.47. The number of pyridine rings is 1. The lowest BCUT2D eigenvalue weighted by Crippen LogP contribution is -1.95. The molecule has 0 aliphatic carbocycles. The summed E-state index contributed by atoms with van der Waals surface area (Å²) >= 11 is 13.4. The molecule has 0 radical (unpaired) electrons. The van der Waals surface area contributed by atoms with Crippen LogP contribution < -0.4 is 0 Å². The highest BCUT2D eigenvalue weighted by Crippen LogP contribution is 2.36. The van der Waals surface area contributed by atoms with Crippen LogP contribution in [0, 0.1) is 0 Å². The van der Waals surface area contributed by atoms with Crippen LogP contribution in [-0.4, -0.2) is 10.1 Å². The number of aromatic nitrogens is 1. The third-order valence-electron chi connectivity index (χ3n) is 2.35. The lowest BCUT2D eigenvalue weighted by atomic mass is 10.2. The van der Waals surface area contributed by atoms with Crippen molar-refractivity contribution in [1.29, 1.82) is 0 Å². The lowest BCUT2D eigenvalue weighted by molar-refractivity contribution is 0.195. The van der Waals surface area contributed by atoms with Crippen LogP contribution in [0.1, 0.15) is 18.6 Å². The molecule has 2 aromatic rings. The number of aliphatic hydroxyl groups is 1. The Morgan fingerprint density at radius 3 is 2.78 bits per heavy atom. The molecule has 0 spiro atoms. The van der Waals surface area contributed by atoms with Gasteiger partial charge in [-0.05, 0) is 31.2 Å². The van der Waals surface area contributed by atoms with Crippen LogP contribution in [0.25, 0.3) is 0 Å². The lowest BCUT2D eigenvalue weighted by Gasteiger charge is -2.11. The van der Waals surface area contributed by atoms with Crippen molar-refractivity contribution in [2.45, 2.75) is 22.9 Å². The summed E-state index contributed by atoms with van der Waals surface area (Å²) in [6, 6.07) is 8.92. The van der Waals surface area contributed by atoms with Gasteiger partial charge < -0.3 is 5.11 Å². The van der Waals surface area contributed by atoms with Gasteiger partial charge in [-0.2, -0.15) is 0 Å². The zero-order valence-corrected chi connectivity index (χ0v) is 11.9. The second-order valence-corrected chi connectivity index (χ2v) is 5.62. The van der Waals surface area contributed by atoms with E-state index in [1.807, 2.05) is 6.07 Å². The molecule has 5 heteroatoms. The maximum absolute atomic E-state index is 9.69. The highest BCUT2D eigenvalue weighted by Gasteiger charge is 2.12. The zero-order chi connectivity index (χ0) is 13.1. The maximum atomic E-state index is 9.69. The summed E-state index contributed by atoms with van der Waals surface area (Å²) in [6.07, 6.45) is 1.12. The van der Waals surface area contributed by atoms with Crippen LogP contribution in [0.2, 0.25) is 10.0 Å². The van der Waals surface area contributed by atoms with E-state index in [2.05, 4.69) is 4.98 Å². The molecule has 94 valence electrons. The van der Waals surface area contributed by atoms with E-state index in [9.17, 15) is 5.11 Å². The number of hydrogen-bond acceptors (Lipinski definition) is 3. The Labute approximate surface area is 120 Å². The number of benzene rings is 1. The number of aliphatic hydroxyl groups excluding tert-OH is 1. The minimum Gasteiger partial charge on any atom is -0.389 e. The normalized spacial score (nSPS) is 12.4. The highest BCUT2D eigenvalue weighted by molar-refractivity contribution is 7.99. The van der Waals surface area contributed by atoms with E-state index >= 15 is 0 Å². The largest absolute Gasteiger partial charge is 0.389 e. The second-order valence-electron chi connectivity index (χ2n) is 3.75. The van der Waals surface area contributed by atoms with Gasteiger partial charge in [-0.15, -0.1) is 0 Å². The molecule has 0 saturated heterocycles. The number of halogens is 2. The van der Waals surface area contributed by atoms with Gasteiger partial charge in [0.1, 0.15) is 5.03 Å². The van der Waals surface area contributed by atoms with Crippen molar-refractivity contribution < 1.29 is 5.11 Å². The zero-order valence-electron chi connectivity index (χ0n) is 9.60. The van der Waals surface area contributed by atoms with Crippen molar-refractivity contribution in [3.05, 3.63) is 52.1 Å². The van der Waals surface area contributed by atoms with E-state index in [1.54, 1.807) is 37.4 Å². The van der Waals surface area contributed by atoms with Gasteiger partial charge in [0.15, 0.2) is 0 Å². The van der Waals surface area contributed by atoms with Crippen LogP contribution in [-0.2, 0) is 0 Å². The van der Waals surface area contributed by atoms with E-state index in [1.165, 1.54) is 11.8 Å². The fourth-order valence-corrected chi connectivity index (χ4v) is 2.97. The second kappa shape index (κ2) is 5.93. The predicted molar refractivity (Wildman–Crippen MR) is 75.5 cm³/mol. The summed E-state index contributed by atoms with van der Waals surface area (Å²) in [7, 11) is 0. The Morgan fingerprint density at radius 1 is 1.28 bits per heavy atom. The first-order chi connectivity index (χ1) is 8.58. The van der Waals surface area contributed by atoms with Gasteiger partial charge in [-0.1, -0.05) is 41.0 Å². The molecule has 0 fully saturated rings. The van der Waals surface area contributed by atoms with E-state index in [-0.39, 0.29) is 0 Å². The number of hydrogen-bond donors (Lipinski definition) is 1. The molecule has 1 N–H and O–H groups in total. The van der Waals surface area contributed by atoms with Crippen LogP contribution in [0.3, 0.4) is 0 Å². The van der Waals surface area contributed by atoms with Crippen molar-refractivity contribution in [2.75, 3.05) is 0 Å². The topological polar surface area (TPSA) is 33.1 Å².